The van der Waals surface area contributed by atoms with Crippen molar-refractivity contribution in [2.24, 2.45) is 0 Å². The number of hydrogen-bond donors (Lipinski definition) is 2. The van der Waals surface area contributed by atoms with E-state index in [0.29, 0.717) is 28.8 Å². The van der Waals surface area contributed by atoms with E-state index in [1.165, 1.54) is 0 Å². The summed E-state index contributed by atoms with van der Waals surface area (Å²) < 4.78 is 12.8. The summed E-state index contributed by atoms with van der Waals surface area (Å²) >= 11 is 0. The molecule has 6 rings (SSSR count). The number of hydrogen-bond acceptors (Lipinski definition) is 7. The molecule has 172 valence electrons. The third kappa shape index (κ3) is 3.61. The fraction of sp³-hybridized carbons (Fsp3) is 0.391. The van der Waals surface area contributed by atoms with Crippen LogP contribution in [0.15, 0.2) is 45.8 Å². The molecular weight excluding hydrogens is 444 g/mol. The van der Waals surface area contributed by atoms with Gasteiger partial charge in [-0.2, -0.15) is 10.1 Å². The molecule has 10 heteroatoms. The summed E-state index contributed by atoms with van der Waals surface area (Å²) in [6.07, 6.45) is 5.56. The predicted octanol–water partition coefficient (Wildman–Crippen LogP) is 3.05. The van der Waals surface area contributed by atoms with Crippen LogP contribution in [0.4, 0.5) is 0 Å². The van der Waals surface area contributed by atoms with Gasteiger partial charge in [-0.25, -0.2) is 4.52 Å². The summed E-state index contributed by atoms with van der Waals surface area (Å²) in [5.41, 5.74) is 2.93. The van der Waals surface area contributed by atoms with Gasteiger partial charge in [0.2, 0.25) is 11.7 Å². The van der Waals surface area contributed by atoms with E-state index in [2.05, 4.69) is 20.6 Å². The van der Waals surface area contributed by atoms with Crippen molar-refractivity contribution in [3.63, 3.8) is 0 Å². The number of benzene rings is 1. The Hall–Kier alpha value is -3.17. The molecule has 0 atom stereocenters. The Kier molecular flexibility index (Phi) is 5.46. The van der Waals surface area contributed by atoms with Crippen LogP contribution in [-0.2, 0) is 5.41 Å². The van der Waals surface area contributed by atoms with E-state index in [4.69, 9.17) is 14.2 Å². The lowest BCUT2D eigenvalue weighted by molar-refractivity contribution is 0.360. The average Bonchev–Trinajstić information content (AvgIpc) is 3.30. The van der Waals surface area contributed by atoms with Crippen molar-refractivity contribution in [1.82, 2.24) is 30.1 Å². The molecule has 2 fully saturated rings. The predicted molar refractivity (Wildman–Crippen MR) is 124 cm³/mol. The monoisotopic (exact) mass is 468 g/mol. The van der Waals surface area contributed by atoms with Crippen molar-refractivity contribution in [3.8, 4) is 17.1 Å². The standard InChI is InChI=1S/C23H24N6O3.ClH/c1-31-16-4-2-15(3-5-16)23(8-9-23)22-27-20(28-32-22)17-13-25-29-18(12-19(30)26-21(17)29)14-6-10-24-11-7-14;/h2-5,12-14,24H,6-11H2,1H3,(H,26,30);1H. The number of ether oxygens (including phenoxy) is 1. The van der Waals surface area contributed by atoms with Crippen molar-refractivity contribution in [2.45, 2.75) is 37.0 Å². The molecule has 2 N–H and O–H groups in total. The number of methoxy groups -OCH3 is 1. The molecule has 0 unspecified atom stereocenters. The van der Waals surface area contributed by atoms with Crippen molar-refractivity contribution >= 4 is 18.1 Å². The minimum absolute atomic E-state index is 0. The summed E-state index contributed by atoms with van der Waals surface area (Å²) in [6.45, 7) is 1.88. The summed E-state index contributed by atoms with van der Waals surface area (Å²) in [6, 6.07) is 9.65. The van der Waals surface area contributed by atoms with Crippen LogP contribution in [-0.4, -0.2) is 44.9 Å². The Morgan fingerprint density at radius 3 is 2.64 bits per heavy atom. The zero-order chi connectivity index (χ0) is 21.7. The number of aromatic nitrogens is 5. The van der Waals surface area contributed by atoms with E-state index < -0.39 is 0 Å². The number of rotatable bonds is 5. The molecule has 0 radical (unpaired) electrons. The molecule has 1 aliphatic carbocycles. The fourth-order valence-corrected chi connectivity index (χ4v) is 4.77. The Bertz CT molecular complexity index is 1330. The summed E-state index contributed by atoms with van der Waals surface area (Å²) in [5.74, 6) is 2.14. The van der Waals surface area contributed by atoms with Gasteiger partial charge in [0.1, 0.15) is 11.4 Å². The number of nitrogens with one attached hydrogen (secondary N) is 2. The largest absolute Gasteiger partial charge is 0.497 e. The fourth-order valence-electron chi connectivity index (χ4n) is 4.77. The number of halogens is 1. The maximum absolute atomic E-state index is 12.5. The van der Waals surface area contributed by atoms with Crippen molar-refractivity contribution in [2.75, 3.05) is 20.2 Å². The third-order valence-corrected chi connectivity index (χ3v) is 6.76. The maximum Gasteiger partial charge on any atom is 0.251 e. The lowest BCUT2D eigenvalue weighted by Crippen LogP contribution is -2.28. The van der Waals surface area contributed by atoms with Crippen molar-refractivity contribution in [3.05, 3.63) is 64.0 Å². The highest BCUT2D eigenvalue weighted by molar-refractivity contribution is 5.85. The number of piperidine rings is 1. The molecule has 9 nitrogen and oxygen atoms in total. The lowest BCUT2D eigenvalue weighted by atomic mass is 9.94. The molecule has 1 saturated carbocycles. The highest BCUT2D eigenvalue weighted by atomic mass is 35.5. The molecule has 33 heavy (non-hydrogen) atoms. The second-order valence-corrected chi connectivity index (χ2v) is 8.64. The van der Waals surface area contributed by atoms with Crippen LogP contribution < -0.4 is 15.6 Å². The molecule has 2 aliphatic rings. The van der Waals surface area contributed by atoms with Crippen LogP contribution >= 0.6 is 12.4 Å². The van der Waals surface area contributed by atoms with Gasteiger partial charge in [-0.3, -0.25) is 4.79 Å². The van der Waals surface area contributed by atoms with E-state index >= 15 is 0 Å². The van der Waals surface area contributed by atoms with Gasteiger partial charge in [-0.05, 0) is 56.5 Å². The third-order valence-electron chi connectivity index (χ3n) is 6.76. The van der Waals surface area contributed by atoms with Gasteiger partial charge in [-0.15, -0.1) is 12.4 Å². The molecule has 1 aromatic carbocycles. The quantitative estimate of drug-likeness (QED) is 0.463. The number of aromatic amines is 1. The van der Waals surface area contributed by atoms with Crippen LogP contribution in [0.1, 0.15) is 48.7 Å². The van der Waals surface area contributed by atoms with Gasteiger partial charge in [0.25, 0.3) is 5.56 Å². The topological polar surface area (TPSA) is 110 Å². The molecule has 4 aromatic rings. The smallest absolute Gasteiger partial charge is 0.251 e. The van der Waals surface area contributed by atoms with Crippen LogP contribution in [0.5, 0.6) is 5.75 Å². The highest BCUT2D eigenvalue weighted by Gasteiger charge is 2.51. The molecule has 1 aliphatic heterocycles. The summed E-state index contributed by atoms with van der Waals surface area (Å²) in [7, 11) is 1.66. The molecule has 3 aromatic heterocycles. The van der Waals surface area contributed by atoms with E-state index in [-0.39, 0.29) is 23.4 Å². The van der Waals surface area contributed by atoms with Gasteiger partial charge in [-0.1, -0.05) is 17.3 Å². The molecule has 1 saturated heterocycles. The van der Waals surface area contributed by atoms with E-state index in [1.54, 1.807) is 19.4 Å². The number of fused-ring (bicyclic) bond motifs is 1. The Morgan fingerprint density at radius 2 is 1.94 bits per heavy atom. The van der Waals surface area contributed by atoms with Gasteiger partial charge in [0.15, 0.2) is 0 Å². The number of nitrogens with zero attached hydrogens (tertiary/aromatic N) is 4. The van der Waals surface area contributed by atoms with Crippen molar-refractivity contribution in [1.29, 1.82) is 0 Å². The second kappa shape index (κ2) is 8.31. The Morgan fingerprint density at radius 1 is 1.18 bits per heavy atom. The van der Waals surface area contributed by atoms with Gasteiger partial charge < -0.3 is 19.6 Å². The zero-order valence-electron chi connectivity index (χ0n) is 18.2. The van der Waals surface area contributed by atoms with E-state index in [9.17, 15) is 4.79 Å². The summed E-state index contributed by atoms with van der Waals surface area (Å²) in [4.78, 5) is 20.1. The van der Waals surface area contributed by atoms with Gasteiger partial charge in [0, 0.05) is 12.0 Å². The van der Waals surface area contributed by atoms with E-state index in [1.807, 2.05) is 28.8 Å². The molecule has 4 heterocycles. The highest BCUT2D eigenvalue weighted by Crippen LogP contribution is 2.53. The first-order valence-electron chi connectivity index (χ1n) is 11.0. The molecular formula is C23H25ClN6O3. The first kappa shape index (κ1) is 21.7. The minimum Gasteiger partial charge on any atom is -0.497 e. The zero-order valence-corrected chi connectivity index (χ0v) is 19.0. The first-order valence-corrected chi connectivity index (χ1v) is 11.0. The lowest BCUT2D eigenvalue weighted by Gasteiger charge is -2.23. The van der Waals surface area contributed by atoms with Gasteiger partial charge in [0.05, 0.1) is 30.0 Å². The molecule has 0 spiro atoms. The van der Waals surface area contributed by atoms with Crippen LogP contribution in [0, 0.1) is 0 Å². The Balaban J connectivity index is 0.00000228. The SMILES string of the molecule is COc1ccc(C2(c3nc(-c4cnn5c(C6CCNCC6)cc(=O)[nH]c45)no3)CC2)cc1.Cl. The van der Waals surface area contributed by atoms with Crippen molar-refractivity contribution < 1.29 is 9.26 Å². The number of H-pyrrole nitrogens is 1. The van der Waals surface area contributed by atoms with Crippen LogP contribution in [0.3, 0.4) is 0 Å². The minimum atomic E-state index is -0.256. The maximum atomic E-state index is 12.5. The second-order valence-electron chi connectivity index (χ2n) is 8.64. The normalized spacial score (nSPS) is 17.6. The van der Waals surface area contributed by atoms with Crippen LogP contribution in [0.2, 0.25) is 0 Å². The van der Waals surface area contributed by atoms with E-state index in [0.717, 1.165) is 55.8 Å². The average molecular weight is 469 g/mol. The van der Waals surface area contributed by atoms with Gasteiger partial charge >= 0.3 is 0 Å². The van der Waals surface area contributed by atoms with Crippen LogP contribution in [0.25, 0.3) is 17.0 Å². The summed E-state index contributed by atoms with van der Waals surface area (Å²) in [5, 5.41) is 12.2. The molecule has 0 amide bonds. The first-order chi connectivity index (χ1) is 15.7. The Labute approximate surface area is 196 Å². The molecule has 0 bridgehead atoms.